The minimum absolute atomic E-state index is 0.198. The highest BCUT2D eigenvalue weighted by Gasteiger charge is 2.20. The molecule has 0 atom stereocenters. The second kappa shape index (κ2) is 8.04. The number of rotatable bonds is 8. The highest BCUT2D eigenvalue weighted by Crippen LogP contribution is 2.31. The zero-order valence-corrected chi connectivity index (χ0v) is 12.3. The predicted molar refractivity (Wildman–Crippen MR) is 74.8 cm³/mol. The third-order valence-corrected chi connectivity index (χ3v) is 2.71. The number of carbonyl (C=O) groups excluding carboxylic acids is 3. The molecule has 0 bridgehead atoms. The van der Waals surface area contributed by atoms with Crippen molar-refractivity contribution in [3.63, 3.8) is 0 Å². The Kier molecular flexibility index (Phi) is 6.39. The van der Waals surface area contributed by atoms with Gasteiger partial charge in [-0.05, 0) is 19.1 Å². The van der Waals surface area contributed by atoms with Gasteiger partial charge in [0.1, 0.15) is 6.42 Å². The summed E-state index contributed by atoms with van der Waals surface area (Å²) in [6.45, 7) is 1.85. The number of ether oxygens (including phenoxy) is 3. The Morgan fingerprint density at radius 2 is 1.76 bits per heavy atom. The second-order valence-electron chi connectivity index (χ2n) is 4.16. The van der Waals surface area contributed by atoms with Crippen LogP contribution in [-0.4, -0.2) is 38.4 Å². The molecule has 0 unspecified atom stereocenters. The van der Waals surface area contributed by atoms with Gasteiger partial charge in [0.25, 0.3) is 0 Å². The lowest BCUT2D eigenvalue weighted by atomic mass is 10.0. The first kappa shape index (κ1) is 16.7. The molecular formula is C15H18O6. The molecule has 0 aliphatic heterocycles. The topological polar surface area (TPSA) is 78.9 Å². The number of benzene rings is 1. The van der Waals surface area contributed by atoms with Gasteiger partial charge in [-0.1, -0.05) is 6.07 Å². The Balaban J connectivity index is 2.80. The van der Waals surface area contributed by atoms with Gasteiger partial charge >= 0.3 is 5.97 Å². The number of carbonyl (C=O) groups is 3. The number of methoxy groups -OCH3 is 2. The van der Waals surface area contributed by atoms with E-state index in [1.807, 2.05) is 0 Å². The van der Waals surface area contributed by atoms with Crippen molar-refractivity contribution in [2.75, 3.05) is 20.8 Å². The van der Waals surface area contributed by atoms with Crippen LogP contribution in [-0.2, 0) is 14.3 Å². The van der Waals surface area contributed by atoms with Crippen LogP contribution in [0.3, 0.4) is 0 Å². The fourth-order valence-electron chi connectivity index (χ4n) is 1.82. The van der Waals surface area contributed by atoms with Crippen molar-refractivity contribution in [3.05, 3.63) is 23.8 Å². The molecule has 0 fully saturated rings. The molecule has 0 N–H and O–H groups in total. The summed E-state index contributed by atoms with van der Waals surface area (Å²) in [7, 11) is 2.87. The number of ketones is 2. The molecule has 0 aromatic heterocycles. The molecule has 0 heterocycles. The monoisotopic (exact) mass is 294 g/mol. The van der Waals surface area contributed by atoms with Crippen LogP contribution in [0.2, 0.25) is 0 Å². The number of Topliss-reactive ketones (excluding diaryl/α,β-unsaturated/α-hetero) is 2. The summed E-state index contributed by atoms with van der Waals surface area (Å²) in [4.78, 5) is 35.0. The summed E-state index contributed by atoms with van der Waals surface area (Å²) < 4.78 is 14.9. The maximum absolute atomic E-state index is 12.1. The van der Waals surface area contributed by atoms with Crippen molar-refractivity contribution in [2.24, 2.45) is 0 Å². The van der Waals surface area contributed by atoms with E-state index in [4.69, 9.17) is 9.47 Å². The van der Waals surface area contributed by atoms with Crippen molar-refractivity contribution in [1.82, 2.24) is 0 Å². The van der Waals surface area contributed by atoms with Crippen LogP contribution in [0, 0.1) is 0 Å². The minimum Gasteiger partial charge on any atom is -0.493 e. The molecule has 0 saturated heterocycles. The van der Waals surface area contributed by atoms with Crippen LogP contribution >= 0.6 is 0 Å². The van der Waals surface area contributed by atoms with Crippen molar-refractivity contribution in [3.8, 4) is 11.5 Å². The van der Waals surface area contributed by atoms with E-state index in [2.05, 4.69) is 4.74 Å². The van der Waals surface area contributed by atoms with E-state index in [0.29, 0.717) is 5.75 Å². The second-order valence-corrected chi connectivity index (χ2v) is 4.16. The van der Waals surface area contributed by atoms with Crippen molar-refractivity contribution in [1.29, 1.82) is 0 Å². The van der Waals surface area contributed by atoms with Crippen molar-refractivity contribution in [2.45, 2.75) is 19.8 Å². The summed E-state index contributed by atoms with van der Waals surface area (Å²) >= 11 is 0. The van der Waals surface area contributed by atoms with Gasteiger partial charge in [-0.25, -0.2) is 0 Å². The maximum Gasteiger partial charge on any atom is 0.313 e. The van der Waals surface area contributed by atoms with E-state index < -0.39 is 24.0 Å². The molecule has 0 spiro atoms. The van der Waals surface area contributed by atoms with Gasteiger partial charge in [0.2, 0.25) is 0 Å². The fourth-order valence-corrected chi connectivity index (χ4v) is 1.82. The maximum atomic E-state index is 12.1. The first-order valence-corrected chi connectivity index (χ1v) is 6.45. The van der Waals surface area contributed by atoms with E-state index in [9.17, 15) is 14.4 Å². The fraction of sp³-hybridized carbons (Fsp3) is 0.400. The van der Waals surface area contributed by atoms with Crippen LogP contribution in [0.1, 0.15) is 30.1 Å². The van der Waals surface area contributed by atoms with Crippen LogP contribution < -0.4 is 9.47 Å². The zero-order valence-electron chi connectivity index (χ0n) is 12.3. The highest BCUT2D eigenvalue weighted by atomic mass is 16.5. The predicted octanol–water partition coefficient (Wildman–Crippen LogP) is 1.80. The molecule has 114 valence electrons. The van der Waals surface area contributed by atoms with Gasteiger partial charge in [-0.15, -0.1) is 0 Å². The summed E-state index contributed by atoms with van der Waals surface area (Å²) in [5, 5.41) is 0. The molecule has 0 amide bonds. The Morgan fingerprint density at radius 1 is 1.05 bits per heavy atom. The van der Waals surface area contributed by atoms with Crippen molar-refractivity contribution >= 4 is 17.5 Å². The summed E-state index contributed by atoms with van der Waals surface area (Å²) in [5.41, 5.74) is 0.244. The molecule has 1 aromatic rings. The SMILES string of the molecule is CCOC(=O)CC(=O)CC(=O)c1cccc(OC)c1OC. The molecular weight excluding hydrogens is 276 g/mol. The average molecular weight is 294 g/mol. The molecule has 6 nitrogen and oxygen atoms in total. The third-order valence-electron chi connectivity index (χ3n) is 2.71. The van der Waals surface area contributed by atoms with Gasteiger partial charge in [0.15, 0.2) is 23.1 Å². The molecule has 21 heavy (non-hydrogen) atoms. The molecule has 1 rings (SSSR count). The van der Waals surface area contributed by atoms with Gasteiger partial charge in [-0.2, -0.15) is 0 Å². The molecule has 1 aromatic carbocycles. The Labute approximate surface area is 123 Å². The molecule has 0 radical (unpaired) electrons. The summed E-state index contributed by atoms with van der Waals surface area (Å²) in [5.74, 6) is -0.883. The zero-order chi connectivity index (χ0) is 15.8. The van der Waals surface area contributed by atoms with Gasteiger partial charge < -0.3 is 14.2 Å². The van der Waals surface area contributed by atoms with E-state index >= 15 is 0 Å². The van der Waals surface area contributed by atoms with E-state index in [0.717, 1.165) is 0 Å². The summed E-state index contributed by atoms with van der Waals surface area (Å²) in [6.07, 6.45) is -0.797. The Morgan fingerprint density at radius 3 is 2.33 bits per heavy atom. The van der Waals surface area contributed by atoms with Crippen LogP contribution in [0.15, 0.2) is 18.2 Å². The molecule has 0 aliphatic rings. The van der Waals surface area contributed by atoms with Crippen molar-refractivity contribution < 1.29 is 28.6 Å². The van der Waals surface area contributed by atoms with Crippen LogP contribution in [0.25, 0.3) is 0 Å². The van der Waals surface area contributed by atoms with Gasteiger partial charge in [0, 0.05) is 0 Å². The Bertz CT molecular complexity index is 535. The normalized spacial score (nSPS) is 9.86. The minimum atomic E-state index is -0.632. The van der Waals surface area contributed by atoms with Gasteiger partial charge in [-0.3, -0.25) is 14.4 Å². The van der Waals surface area contributed by atoms with Gasteiger partial charge in [0.05, 0.1) is 32.8 Å². The summed E-state index contributed by atoms with van der Waals surface area (Å²) in [6, 6.07) is 4.82. The lowest BCUT2D eigenvalue weighted by Gasteiger charge is -2.11. The highest BCUT2D eigenvalue weighted by molar-refractivity contribution is 6.12. The molecule has 0 aliphatic carbocycles. The quantitative estimate of drug-likeness (QED) is 0.413. The number of hydrogen-bond donors (Lipinski definition) is 0. The molecule has 6 heteroatoms. The van der Waals surface area contributed by atoms with E-state index in [1.54, 1.807) is 25.1 Å². The standard InChI is InChI=1S/C15H18O6/c1-4-21-14(18)9-10(16)8-12(17)11-6-5-7-13(19-2)15(11)20-3/h5-7H,4,8-9H2,1-3H3. The van der Waals surface area contributed by atoms with Crippen LogP contribution in [0.5, 0.6) is 11.5 Å². The molecule has 0 saturated carbocycles. The van der Waals surface area contributed by atoms with E-state index in [1.165, 1.54) is 14.2 Å². The third kappa shape index (κ3) is 4.59. The van der Waals surface area contributed by atoms with Crippen LogP contribution in [0.4, 0.5) is 0 Å². The number of hydrogen-bond acceptors (Lipinski definition) is 6. The average Bonchev–Trinajstić information content (AvgIpc) is 2.46. The Hall–Kier alpha value is -2.37. The lowest BCUT2D eigenvalue weighted by Crippen LogP contribution is -2.15. The largest absolute Gasteiger partial charge is 0.493 e. The number of para-hydroxylation sites is 1. The smallest absolute Gasteiger partial charge is 0.313 e. The van der Waals surface area contributed by atoms with E-state index in [-0.39, 0.29) is 24.3 Å². The number of esters is 1. The lowest BCUT2D eigenvalue weighted by molar-refractivity contribution is -0.145. The first-order valence-electron chi connectivity index (χ1n) is 6.45. The first-order chi connectivity index (χ1) is 10.0.